The predicted octanol–water partition coefficient (Wildman–Crippen LogP) is 0.968. The molecular formula is C10H10F3NO4S. The molecule has 9 heteroatoms. The van der Waals surface area contributed by atoms with E-state index in [9.17, 15) is 26.4 Å². The lowest BCUT2D eigenvalue weighted by Gasteiger charge is -2.38. The van der Waals surface area contributed by atoms with E-state index in [0.717, 1.165) is 0 Å². The van der Waals surface area contributed by atoms with Gasteiger partial charge in [0.25, 0.3) is 0 Å². The lowest BCUT2D eigenvalue weighted by atomic mass is 10.2. The van der Waals surface area contributed by atoms with E-state index in [2.05, 4.69) is 0 Å². The zero-order chi connectivity index (χ0) is 14.3. The average molecular weight is 297 g/mol. The molecule has 19 heavy (non-hydrogen) atoms. The van der Waals surface area contributed by atoms with Crippen LogP contribution >= 0.6 is 0 Å². The van der Waals surface area contributed by atoms with Crippen LogP contribution in [0.5, 0.6) is 0 Å². The number of sulfone groups is 1. The van der Waals surface area contributed by atoms with Gasteiger partial charge in [-0.25, -0.2) is 8.42 Å². The van der Waals surface area contributed by atoms with Crippen molar-refractivity contribution in [2.24, 2.45) is 0 Å². The molecule has 0 aliphatic carbocycles. The van der Waals surface area contributed by atoms with Gasteiger partial charge in [0.05, 0.1) is 11.5 Å². The highest BCUT2D eigenvalue weighted by Crippen LogP contribution is 2.26. The summed E-state index contributed by atoms with van der Waals surface area (Å²) in [7, 11) is -3.61. The molecule has 2 rings (SSSR count). The first-order chi connectivity index (χ1) is 8.70. The lowest BCUT2D eigenvalue weighted by Crippen LogP contribution is -2.60. The van der Waals surface area contributed by atoms with Crippen LogP contribution < -0.4 is 0 Å². The second-order valence-electron chi connectivity index (χ2n) is 4.22. The highest BCUT2D eigenvalue weighted by Gasteiger charge is 2.49. The van der Waals surface area contributed by atoms with E-state index in [0.29, 0.717) is 4.90 Å². The zero-order valence-corrected chi connectivity index (χ0v) is 10.4. The quantitative estimate of drug-likeness (QED) is 0.833. The summed E-state index contributed by atoms with van der Waals surface area (Å²) in [5, 5.41) is -0.969. The van der Waals surface area contributed by atoms with E-state index in [4.69, 9.17) is 4.42 Å². The first-order valence-electron chi connectivity index (χ1n) is 5.30. The molecule has 0 unspecified atom stereocenters. The largest absolute Gasteiger partial charge is 0.471 e. The van der Waals surface area contributed by atoms with Crippen molar-refractivity contribution >= 4 is 15.7 Å². The van der Waals surface area contributed by atoms with Crippen LogP contribution in [0.25, 0.3) is 0 Å². The number of amides is 1. The number of rotatable bonds is 3. The van der Waals surface area contributed by atoms with Gasteiger partial charge in [0.1, 0.15) is 11.5 Å². The van der Waals surface area contributed by atoms with Crippen LogP contribution in [-0.2, 0) is 20.4 Å². The number of hydrogen-bond acceptors (Lipinski definition) is 4. The van der Waals surface area contributed by atoms with Crippen molar-refractivity contribution in [3.8, 4) is 0 Å². The van der Waals surface area contributed by atoms with Crippen molar-refractivity contribution in [1.82, 2.24) is 4.90 Å². The van der Waals surface area contributed by atoms with Gasteiger partial charge in [-0.2, -0.15) is 13.2 Å². The summed E-state index contributed by atoms with van der Waals surface area (Å²) < 4.78 is 64.8. The third-order valence-corrected chi connectivity index (χ3v) is 4.81. The third kappa shape index (κ3) is 2.91. The third-order valence-electron chi connectivity index (χ3n) is 2.81. The molecule has 0 aromatic carbocycles. The molecule has 106 valence electrons. The SMILES string of the molecule is O=C(N1CC(S(=O)(=O)Cc2ccco2)C1)C(F)(F)F. The van der Waals surface area contributed by atoms with E-state index >= 15 is 0 Å². The summed E-state index contributed by atoms with van der Waals surface area (Å²) >= 11 is 0. The molecule has 0 N–H and O–H groups in total. The maximum Gasteiger partial charge on any atom is 0.471 e. The minimum atomic E-state index is -4.96. The number of carbonyl (C=O) groups is 1. The fourth-order valence-corrected chi connectivity index (χ4v) is 3.33. The van der Waals surface area contributed by atoms with Gasteiger partial charge in [-0.3, -0.25) is 4.79 Å². The van der Waals surface area contributed by atoms with Crippen molar-refractivity contribution in [2.75, 3.05) is 13.1 Å². The van der Waals surface area contributed by atoms with Crippen LogP contribution in [0.15, 0.2) is 22.8 Å². The highest BCUT2D eigenvalue weighted by molar-refractivity contribution is 7.91. The molecule has 5 nitrogen and oxygen atoms in total. The number of halogens is 3. The first-order valence-corrected chi connectivity index (χ1v) is 7.02. The molecule has 1 fully saturated rings. The van der Waals surface area contributed by atoms with Crippen molar-refractivity contribution < 1.29 is 30.8 Å². The maximum absolute atomic E-state index is 12.1. The Balaban J connectivity index is 1.95. The molecule has 1 aromatic rings. The first kappa shape index (κ1) is 13.9. The number of likely N-dealkylation sites (tertiary alicyclic amines) is 1. The summed E-state index contributed by atoms with van der Waals surface area (Å²) in [5.41, 5.74) is 0. The Morgan fingerprint density at radius 1 is 1.42 bits per heavy atom. The molecule has 0 bridgehead atoms. The van der Waals surface area contributed by atoms with Gasteiger partial charge in [0, 0.05) is 13.1 Å². The molecule has 1 amide bonds. The monoisotopic (exact) mass is 297 g/mol. The topological polar surface area (TPSA) is 67.6 Å². The Labute approximate surface area is 106 Å². The second-order valence-corrected chi connectivity index (χ2v) is 6.50. The summed E-state index contributed by atoms with van der Waals surface area (Å²) in [6.07, 6.45) is -3.65. The van der Waals surface area contributed by atoms with Crippen LogP contribution in [-0.4, -0.2) is 43.7 Å². The molecule has 0 atom stereocenters. The minimum Gasteiger partial charge on any atom is -0.468 e. The molecule has 1 aromatic heterocycles. The second kappa shape index (κ2) is 4.55. The van der Waals surface area contributed by atoms with Crippen LogP contribution in [0.3, 0.4) is 0 Å². The Morgan fingerprint density at radius 3 is 2.53 bits per heavy atom. The smallest absolute Gasteiger partial charge is 0.468 e. The van der Waals surface area contributed by atoms with E-state index in [1.807, 2.05) is 0 Å². The van der Waals surface area contributed by atoms with Crippen molar-refractivity contribution in [1.29, 1.82) is 0 Å². The van der Waals surface area contributed by atoms with Crippen molar-refractivity contribution in [2.45, 2.75) is 17.2 Å². The molecule has 1 saturated heterocycles. The van der Waals surface area contributed by atoms with Gasteiger partial charge >= 0.3 is 12.1 Å². The number of hydrogen-bond donors (Lipinski definition) is 0. The lowest BCUT2D eigenvalue weighted by molar-refractivity contribution is -0.188. The van der Waals surface area contributed by atoms with Gasteiger partial charge in [-0.15, -0.1) is 0 Å². The zero-order valence-electron chi connectivity index (χ0n) is 9.55. The summed E-state index contributed by atoms with van der Waals surface area (Å²) in [4.78, 5) is 11.3. The molecular weight excluding hydrogens is 287 g/mol. The standard InChI is InChI=1S/C10H10F3NO4S/c11-10(12,13)9(15)14-4-8(5-14)19(16,17)6-7-2-1-3-18-7/h1-3,8H,4-6H2. The van der Waals surface area contributed by atoms with E-state index in [1.54, 1.807) is 0 Å². The molecule has 0 saturated carbocycles. The van der Waals surface area contributed by atoms with Gasteiger partial charge in [-0.1, -0.05) is 0 Å². The summed E-state index contributed by atoms with van der Waals surface area (Å²) in [5.74, 6) is -2.16. The fourth-order valence-electron chi connectivity index (χ4n) is 1.72. The number of furan rings is 1. The predicted molar refractivity (Wildman–Crippen MR) is 57.8 cm³/mol. The van der Waals surface area contributed by atoms with E-state index in [-0.39, 0.29) is 11.5 Å². The van der Waals surface area contributed by atoms with Gasteiger partial charge in [0.2, 0.25) is 0 Å². The Hall–Kier alpha value is -1.51. The van der Waals surface area contributed by atoms with E-state index in [1.165, 1.54) is 18.4 Å². The van der Waals surface area contributed by atoms with Crippen LogP contribution in [0.4, 0.5) is 13.2 Å². The van der Waals surface area contributed by atoms with Gasteiger partial charge < -0.3 is 9.32 Å². The number of nitrogens with zero attached hydrogens (tertiary/aromatic N) is 1. The van der Waals surface area contributed by atoms with Crippen molar-refractivity contribution in [3.05, 3.63) is 24.2 Å². The van der Waals surface area contributed by atoms with Crippen LogP contribution in [0, 0.1) is 0 Å². The molecule has 1 aliphatic rings. The maximum atomic E-state index is 12.1. The summed E-state index contributed by atoms with van der Waals surface area (Å²) in [6.45, 7) is -0.858. The minimum absolute atomic E-state index is 0.223. The average Bonchev–Trinajstić information content (AvgIpc) is 2.64. The van der Waals surface area contributed by atoms with Gasteiger partial charge in [0.15, 0.2) is 9.84 Å². The highest BCUT2D eigenvalue weighted by atomic mass is 32.2. The van der Waals surface area contributed by atoms with Crippen LogP contribution in [0.2, 0.25) is 0 Å². The molecule has 1 aliphatic heterocycles. The van der Waals surface area contributed by atoms with Crippen LogP contribution in [0.1, 0.15) is 5.76 Å². The Bertz CT molecular complexity index is 558. The Kier molecular flexibility index (Phi) is 3.33. The summed E-state index contributed by atoms with van der Waals surface area (Å²) in [6, 6.07) is 2.99. The molecule has 2 heterocycles. The number of carbonyl (C=O) groups excluding carboxylic acids is 1. The fraction of sp³-hybridized carbons (Fsp3) is 0.500. The van der Waals surface area contributed by atoms with E-state index < -0.39 is 40.3 Å². The normalized spacial score (nSPS) is 17.3. The van der Waals surface area contributed by atoms with Crippen molar-refractivity contribution in [3.63, 3.8) is 0 Å². The molecule has 0 radical (unpaired) electrons. The number of alkyl halides is 3. The van der Waals surface area contributed by atoms with Gasteiger partial charge in [-0.05, 0) is 12.1 Å². The molecule has 0 spiro atoms. The Morgan fingerprint density at radius 2 is 2.05 bits per heavy atom.